The molecule has 1 aromatic rings. The number of carboxylic acid groups (broad SMARTS) is 1. The molecule has 0 saturated heterocycles. The first-order valence-corrected chi connectivity index (χ1v) is 3.60. The molecule has 1 heterocycles. The summed E-state index contributed by atoms with van der Waals surface area (Å²) in [7, 11) is 0. The van der Waals surface area contributed by atoms with Gasteiger partial charge in [0.05, 0.1) is 11.7 Å². The summed E-state index contributed by atoms with van der Waals surface area (Å²) in [5.74, 6) is -0.757. The molecule has 4 nitrogen and oxygen atoms in total. The van der Waals surface area contributed by atoms with E-state index in [9.17, 15) is 4.79 Å². The molecule has 68 valence electrons. The molecule has 2 N–H and O–H groups in total. The van der Waals surface area contributed by atoms with Crippen LogP contribution in [0.2, 0.25) is 0 Å². The van der Waals surface area contributed by atoms with Crippen molar-refractivity contribution in [1.82, 2.24) is 9.97 Å². The number of carboxylic acids is 1. The van der Waals surface area contributed by atoms with E-state index < -0.39 is 11.4 Å². The first kappa shape index (κ1) is 10.7. The van der Waals surface area contributed by atoms with Gasteiger partial charge in [0.15, 0.2) is 0 Å². The third kappa shape index (κ3) is 5.46. The van der Waals surface area contributed by atoms with Crippen molar-refractivity contribution in [1.29, 1.82) is 0 Å². The maximum absolute atomic E-state index is 10.0. The molecular formula is C8H14N2O2. The van der Waals surface area contributed by atoms with Gasteiger partial charge >= 0.3 is 5.97 Å². The number of nitrogens with one attached hydrogen (secondary N) is 1. The summed E-state index contributed by atoms with van der Waals surface area (Å²) in [5, 5.41) is 8.25. The van der Waals surface area contributed by atoms with E-state index in [0.29, 0.717) is 0 Å². The van der Waals surface area contributed by atoms with Crippen LogP contribution in [0.3, 0.4) is 0 Å². The van der Waals surface area contributed by atoms with Gasteiger partial charge in [-0.15, -0.1) is 0 Å². The predicted octanol–water partition coefficient (Wildman–Crippen LogP) is 1.53. The number of rotatable bonds is 0. The lowest BCUT2D eigenvalue weighted by Crippen LogP contribution is -2.18. The third-order valence-corrected chi connectivity index (χ3v) is 1.05. The van der Waals surface area contributed by atoms with E-state index in [4.69, 9.17) is 5.11 Å². The molecule has 12 heavy (non-hydrogen) atoms. The largest absolute Gasteiger partial charge is 0.481 e. The number of imidazole rings is 1. The Bertz CT molecular complexity index is 194. The van der Waals surface area contributed by atoms with Crippen LogP contribution in [0, 0.1) is 5.41 Å². The van der Waals surface area contributed by atoms with Crippen LogP contribution < -0.4 is 0 Å². The monoisotopic (exact) mass is 170 g/mol. The maximum atomic E-state index is 10.0. The molecule has 0 aliphatic rings. The number of nitrogens with zero attached hydrogens (tertiary/aromatic N) is 1. The Morgan fingerprint density at radius 1 is 1.50 bits per heavy atom. The molecule has 0 saturated carbocycles. The average Bonchev–Trinajstić information content (AvgIpc) is 2.39. The van der Waals surface area contributed by atoms with E-state index in [0.717, 1.165) is 0 Å². The third-order valence-electron chi connectivity index (χ3n) is 1.05. The highest BCUT2D eigenvalue weighted by Crippen LogP contribution is 2.11. The second-order valence-electron chi connectivity index (χ2n) is 3.32. The lowest BCUT2D eigenvalue weighted by Gasteiger charge is -2.08. The molecule has 0 unspecified atom stereocenters. The zero-order chi connectivity index (χ0) is 9.61. The summed E-state index contributed by atoms with van der Waals surface area (Å²) in [6.45, 7) is 4.99. The normalized spacial score (nSPS) is 9.92. The minimum Gasteiger partial charge on any atom is -0.481 e. The van der Waals surface area contributed by atoms with Crippen LogP contribution in [0.15, 0.2) is 18.7 Å². The van der Waals surface area contributed by atoms with Crippen molar-refractivity contribution in [3.63, 3.8) is 0 Å². The number of hydrogen-bond donors (Lipinski definition) is 2. The van der Waals surface area contributed by atoms with Gasteiger partial charge in [0, 0.05) is 12.4 Å². The first-order valence-electron chi connectivity index (χ1n) is 3.60. The van der Waals surface area contributed by atoms with Crippen molar-refractivity contribution in [2.75, 3.05) is 0 Å². The van der Waals surface area contributed by atoms with E-state index in [-0.39, 0.29) is 0 Å². The van der Waals surface area contributed by atoms with Crippen LogP contribution >= 0.6 is 0 Å². The molecule has 0 amide bonds. The van der Waals surface area contributed by atoms with Gasteiger partial charge in [-0.1, -0.05) is 0 Å². The molecule has 0 aromatic carbocycles. The summed E-state index contributed by atoms with van der Waals surface area (Å²) >= 11 is 0. The number of aliphatic carboxylic acids is 1. The standard InChI is InChI=1S/C5H10O2.C3H4N2/c1-5(2,3)4(6)7;1-2-5-3-4-1/h1-3H3,(H,6,7);1-3H,(H,4,5). The SMILES string of the molecule is CC(C)(C)C(=O)O.c1c[nH]cn1. The van der Waals surface area contributed by atoms with Gasteiger partial charge in [-0.05, 0) is 20.8 Å². The smallest absolute Gasteiger partial charge is 0.308 e. The molecule has 0 aliphatic carbocycles. The van der Waals surface area contributed by atoms with E-state index in [1.807, 2.05) is 0 Å². The fraction of sp³-hybridized carbons (Fsp3) is 0.500. The van der Waals surface area contributed by atoms with Crippen molar-refractivity contribution in [2.45, 2.75) is 20.8 Å². The quantitative estimate of drug-likeness (QED) is 0.620. The minimum absolute atomic E-state index is 0.583. The average molecular weight is 170 g/mol. The lowest BCUT2D eigenvalue weighted by molar-refractivity contribution is -0.145. The topological polar surface area (TPSA) is 66.0 Å². The molecule has 1 aromatic heterocycles. The Morgan fingerprint density at radius 3 is 2.08 bits per heavy atom. The van der Waals surface area contributed by atoms with Crippen LogP contribution in [0.25, 0.3) is 0 Å². The Kier molecular flexibility index (Phi) is 4.04. The van der Waals surface area contributed by atoms with E-state index in [2.05, 4.69) is 9.97 Å². The zero-order valence-electron chi connectivity index (χ0n) is 7.53. The number of aromatic nitrogens is 2. The summed E-state index contributed by atoms with van der Waals surface area (Å²) in [5.41, 5.74) is -0.583. The summed E-state index contributed by atoms with van der Waals surface area (Å²) in [6.07, 6.45) is 5.08. The van der Waals surface area contributed by atoms with Gasteiger partial charge < -0.3 is 10.1 Å². The van der Waals surface area contributed by atoms with Crippen LogP contribution in [0.1, 0.15) is 20.8 Å². The minimum atomic E-state index is -0.757. The van der Waals surface area contributed by atoms with E-state index in [1.54, 1.807) is 39.5 Å². The highest BCUT2D eigenvalue weighted by atomic mass is 16.4. The Balaban J connectivity index is 0.000000211. The van der Waals surface area contributed by atoms with Crippen molar-refractivity contribution in [3.05, 3.63) is 18.7 Å². The molecule has 0 atom stereocenters. The van der Waals surface area contributed by atoms with Gasteiger partial charge in [-0.3, -0.25) is 4.79 Å². The van der Waals surface area contributed by atoms with Gasteiger partial charge in [0.2, 0.25) is 0 Å². The van der Waals surface area contributed by atoms with E-state index >= 15 is 0 Å². The second kappa shape index (κ2) is 4.54. The van der Waals surface area contributed by atoms with Gasteiger partial charge in [0.25, 0.3) is 0 Å². The van der Waals surface area contributed by atoms with Crippen LogP contribution in [-0.2, 0) is 4.79 Å². The first-order chi connectivity index (χ1) is 5.44. The van der Waals surface area contributed by atoms with Gasteiger partial charge in [-0.25, -0.2) is 4.98 Å². The van der Waals surface area contributed by atoms with Crippen molar-refractivity contribution < 1.29 is 9.90 Å². The molecular weight excluding hydrogens is 156 g/mol. The fourth-order valence-electron chi connectivity index (χ4n) is 0.215. The molecule has 1 rings (SSSR count). The molecule has 0 bridgehead atoms. The predicted molar refractivity (Wildman–Crippen MR) is 45.7 cm³/mol. The van der Waals surface area contributed by atoms with Crippen LogP contribution in [0.5, 0.6) is 0 Å². The second-order valence-corrected chi connectivity index (χ2v) is 3.32. The number of hydrogen-bond acceptors (Lipinski definition) is 2. The maximum Gasteiger partial charge on any atom is 0.308 e. The lowest BCUT2D eigenvalue weighted by atomic mass is 9.98. The molecule has 4 heteroatoms. The van der Waals surface area contributed by atoms with E-state index in [1.165, 1.54) is 0 Å². The highest BCUT2D eigenvalue weighted by molar-refractivity contribution is 5.72. The zero-order valence-corrected chi connectivity index (χ0v) is 7.53. The summed E-state index contributed by atoms with van der Waals surface area (Å²) in [6, 6.07) is 0. The molecule has 0 spiro atoms. The molecule has 0 radical (unpaired) electrons. The number of aromatic amines is 1. The fourth-order valence-corrected chi connectivity index (χ4v) is 0.215. The van der Waals surface area contributed by atoms with Gasteiger partial charge in [0.1, 0.15) is 0 Å². The summed E-state index contributed by atoms with van der Waals surface area (Å²) in [4.78, 5) is 16.4. The summed E-state index contributed by atoms with van der Waals surface area (Å²) < 4.78 is 0. The number of H-pyrrole nitrogens is 1. The van der Waals surface area contributed by atoms with Crippen molar-refractivity contribution in [3.8, 4) is 0 Å². The Morgan fingerprint density at radius 2 is 2.00 bits per heavy atom. The Hall–Kier alpha value is -1.32. The molecule has 0 aliphatic heterocycles. The van der Waals surface area contributed by atoms with Crippen LogP contribution in [0.4, 0.5) is 0 Å². The van der Waals surface area contributed by atoms with Crippen LogP contribution in [-0.4, -0.2) is 21.0 Å². The van der Waals surface area contributed by atoms with Crippen molar-refractivity contribution >= 4 is 5.97 Å². The number of carbonyl (C=O) groups is 1. The molecule has 0 fully saturated rings. The van der Waals surface area contributed by atoms with Gasteiger partial charge in [-0.2, -0.15) is 0 Å². The highest BCUT2D eigenvalue weighted by Gasteiger charge is 2.18. The Labute approximate surface area is 71.6 Å². The van der Waals surface area contributed by atoms with Crippen molar-refractivity contribution in [2.24, 2.45) is 5.41 Å².